The zero-order valence-corrected chi connectivity index (χ0v) is 15.0. The number of nitrogens with zero attached hydrogens (tertiary/aromatic N) is 2. The largest absolute Gasteiger partial charge is 0.494 e. The van der Waals surface area contributed by atoms with Gasteiger partial charge in [-0.25, -0.2) is 0 Å². The molecule has 0 aliphatic rings. The molecule has 0 saturated heterocycles. The molecule has 0 saturated carbocycles. The fourth-order valence-electron chi connectivity index (χ4n) is 2.25. The fourth-order valence-corrected chi connectivity index (χ4v) is 2.46. The molecule has 0 unspecified atom stereocenters. The minimum Gasteiger partial charge on any atom is -0.494 e. The molecule has 3 aromatic rings. The van der Waals surface area contributed by atoms with Crippen LogP contribution in [0.25, 0.3) is 11.5 Å². The van der Waals surface area contributed by atoms with Crippen molar-refractivity contribution >= 4 is 23.5 Å². The van der Waals surface area contributed by atoms with Crippen molar-refractivity contribution in [3.63, 3.8) is 0 Å². The first-order chi connectivity index (χ1) is 12.7. The van der Waals surface area contributed by atoms with Gasteiger partial charge in [0.05, 0.1) is 17.2 Å². The Morgan fingerprint density at radius 3 is 2.85 bits per heavy atom. The molecule has 3 rings (SSSR count). The van der Waals surface area contributed by atoms with Gasteiger partial charge in [-0.1, -0.05) is 48.2 Å². The zero-order chi connectivity index (χ0) is 18.4. The molecule has 1 heterocycles. The van der Waals surface area contributed by atoms with E-state index in [0.29, 0.717) is 28.5 Å². The smallest absolute Gasteiger partial charge is 0.322 e. The third-order valence-corrected chi connectivity index (χ3v) is 3.94. The van der Waals surface area contributed by atoms with Crippen molar-refractivity contribution < 1.29 is 13.9 Å². The Morgan fingerprint density at radius 1 is 1.19 bits per heavy atom. The Morgan fingerprint density at radius 2 is 2.04 bits per heavy atom. The van der Waals surface area contributed by atoms with Crippen LogP contribution in [0.5, 0.6) is 5.75 Å². The van der Waals surface area contributed by atoms with Crippen LogP contribution >= 0.6 is 11.6 Å². The van der Waals surface area contributed by atoms with Crippen molar-refractivity contribution in [2.24, 2.45) is 0 Å². The minimum absolute atomic E-state index is 0.00206. The third kappa shape index (κ3) is 4.40. The Hall–Kier alpha value is -2.86. The summed E-state index contributed by atoms with van der Waals surface area (Å²) in [7, 11) is 0. The van der Waals surface area contributed by atoms with Crippen LogP contribution < -0.4 is 10.1 Å². The van der Waals surface area contributed by atoms with Gasteiger partial charge in [-0.2, -0.15) is 0 Å². The van der Waals surface area contributed by atoms with Crippen molar-refractivity contribution in [2.45, 2.75) is 19.8 Å². The molecule has 2 aromatic carbocycles. The van der Waals surface area contributed by atoms with E-state index in [1.165, 1.54) is 0 Å². The van der Waals surface area contributed by atoms with Gasteiger partial charge in [-0.15, -0.1) is 5.10 Å². The number of benzene rings is 2. The van der Waals surface area contributed by atoms with Crippen LogP contribution in [0.2, 0.25) is 5.02 Å². The first kappa shape index (κ1) is 17.9. The molecule has 0 radical (unpaired) electrons. The molecule has 1 aromatic heterocycles. The average molecular weight is 372 g/mol. The lowest BCUT2D eigenvalue weighted by molar-refractivity contribution is 0.102. The van der Waals surface area contributed by atoms with Crippen molar-refractivity contribution in [3.05, 3.63) is 59.1 Å². The summed E-state index contributed by atoms with van der Waals surface area (Å²) in [5, 5.41) is 10.8. The lowest BCUT2D eigenvalue weighted by atomic mass is 10.2. The maximum absolute atomic E-state index is 12.4. The van der Waals surface area contributed by atoms with Crippen LogP contribution in [0.1, 0.15) is 30.1 Å². The molecule has 0 bridgehead atoms. The molecule has 26 heavy (non-hydrogen) atoms. The normalized spacial score (nSPS) is 10.5. The first-order valence-electron chi connectivity index (χ1n) is 8.30. The number of hydrogen-bond donors (Lipinski definition) is 1. The van der Waals surface area contributed by atoms with E-state index in [9.17, 15) is 4.79 Å². The third-order valence-electron chi connectivity index (χ3n) is 3.61. The zero-order valence-electron chi connectivity index (χ0n) is 14.2. The summed E-state index contributed by atoms with van der Waals surface area (Å²) in [5.41, 5.74) is 1.05. The molecule has 1 amide bonds. The number of amides is 1. The summed E-state index contributed by atoms with van der Waals surface area (Å²) in [4.78, 5) is 12.4. The number of hydrogen-bond acceptors (Lipinski definition) is 5. The van der Waals surface area contributed by atoms with Crippen molar-refractivity contribution in [3.8, 4) is 17.2 Å². The lowest BCUT2D eigenvalue weighted by Crippen LogP contribution is -2.12. The summed E-state index contributed by atoms with van der Waals surface area (Å²) in [5.74, 6) is 0.524. The molecule has 6 nitrogen and oxygen atoms in total. The Kier molecular flexibility index (Phi) is 5.86. The number of ether oxygens (including phenoxy) is 1. The van der Waals surface area contributed by atoms with Crippen LogP contribution in [0.15, 0.2) is 52.9 Å². The Bertz CT molecular complexity index is 895. The van der Waals surface area contributed by atoms with E-state index >= 15 is 0 Å². The molecular weight excluding hydrogens is 354 g/mol. The molecule has 1 N–H and O–H groups in total. The lowest BCUT2D eigenvalue weighted by Gasteiger charge is -2.07. The Balaban J connectivity index is 1.69. The highest BCUT2D eigenvalue weighted by Gasteiger charge is 2.14. The van der Waals surface area contributed by atoms with Gasteiger partial charge < -0.3 is 9.15 Å². The molecule has 0 aliphatic heterocycles. The summed E-state index contributed by atoms with van der Waals surface area (Å²) in [6.45, 7) is 2.71. The fraction of sp³-hybridized carbons (Fsp3) is 0.211. The summed E-state index contributed by atoms with van der Waals surface area (Å²) >= 11 is 6.11. The molecule has 0 fully saturated rings. The van der Waals surface area contributed by atoms with Crippen LogP contribution in [0, 0.1) is 0 Å². The molecular formula is C19H18ClN3O3. The number of unbranched alkanes of at least 4 members (excludes halogenated alkanes) is 1. The number of halogens is 1. The minimum atomic E-state index is -0.361. The van der Waals surface area contributed by atoms with Crippen molar-refractivity contribution in [2.75, 3.05) is 11.9 Å². The van der Waals surface area contributed by atoms with Gasteiger partial charge >= 0.3 is 6.01 Å². The van der Waals surface area contributed by atoms with Crippen LogP contribution in [-0.2, 0) is 0 Å². The monoisotopic (exact) mass is 371 g/mol. The van der Waals surface area contributed by atoms with Gasteiger partial charge in [0.1, 0.15) is 5.75 Å². The van der Waals surface area contributed by atoms with Crippen LogP contribution in [0.3, 0.4) is 0 Å². The van der Waals surface area contributed by atoms with Gasteiger partial charge in [0, 0.05) is 5.56 Å². The molecule has 0 spiro atoms. The maximum Gasteiger partial charge on any atom is 0.322 e. The van der Waals surface area contributed by atoms with E-state index in [1.807, 2.05) is 12.1 Å². The van der Waals surface area contributed by atoms with Gasteiger partial charge in [0.25, 0.3) is 11.8 Å². The predicted molar refractivity (Wildman–Crippen MR) is 99.5 cm³/mol. The number of anilines is 1. The van der Waals surface area contributed by atoms with E-state index in [0.717, 1.165) is 12.8 Å². The Labute approximate surface area is 156 Å². The second-order valence-corrected chi connectivity index (χ2v) is 5.98. The van der Waals surface area contributed by atoms with Gasteiger partial charge in [-0.05, 0) is 36.8 Å². The quantitative estimate of drug-likeness (QED) is 0.602. The van der Waals surface area contributed by atoms with Crippen molar-refractivity contribution in [1.82, 2.24) is 10.2 Å². The predicted octanol–water partition coefficient (Wildman–Crippen LogP) is 4.82. The molecule has 7 heteroatoms. The maximum atomic E-state index is 12.4. The van der Waals surface area contributed by atoms with E-state index in [4.69, 9.17) is 20.8 Å². The number of rotatable bonds is 7. The molecule has 134 valence electrons. The van der Waals surface area contributed by atoms with Gasteiger partial charge in [-0.3, -0.25) is 10.1 Å². The first-order valence-corrected chi connectivity index (χ1v) is 8.68. The highest BCUT2D eigenvalue weighted by Crippen LogP contribution is 2.27. The van der Waals surface area contributed by atoms with Crippen molar-refractivity contribution in [1.29, 1.82) is 0 Å². The second kappa shape index (κ2) is 8.49. The number of aromatic nitrogens is 2. The second-order valence-electron chi connectivity index (χ2n) is 5.58. The van der Waals surface area contributed by atoms with Gasteiger partial charge in [0.2, 0.25) is 0 Å². The van der Waals surface area contributed by atoms with E-state index in [2.05, 4.69) is 22.4 Å². The highest BCUT2D eigenvalue weighted by molar-refractivity contribution is 6.33. The summed E-state index contributed by atoms with van der Waals surface area (Å²) in [6.07, 6.45) is 2.01. The van der Waals surface area contributed by atoms with E-state index < -0.39 is 0 Å². The number of carbonyl (C=O) groups is 1. The summed E-state index contributed by atoms with van der Waals surface area (Å²) < 4.78 is 11.1. The highest BCUT2D eigenvalue weighted by atomic mass is 35.5. The van der Waals surface area contributed by atoms with E-state index in [1.54, 1.807) is 36.4 Å². The number of carbonyl (C=O) groups excluding carboxylic acids is 1. The number of nitrogens with one attached hydrogen (secondary N) is 1. The average Bonchev–Trinajstić information content (AvgIpc) is 3.11. The summed E-state index contributed by atoms with van der Waals surface area (Å²) in [6, 6.07) is 14.1. The molecule has 0 atom stereocenters. The SMILES string of the molecule is CCCCOc1cccc(C(=O)Nc2nnc(-c3ccccc3Cl)o2)c1. The standard InChI is InChI=1S/C19H18ClN3O3/c1-2-3-11-25-14-8-6-7-13(12-14)17(24)21-19-23-22-18(26-19)15-9-4-5-10-16(15)20/h4-10,12H,2-3,11H2,1H3,(H,21,23,24). The van der Waals surface area contributed by atoms with Gasteiger partial charge in [0.15, 0.2) is 0 Å². The topological polar surface area (TPSA) is 77.2 Å². The van der Waals surface area contributed by atoms with Crippen LogP contribution in [0.4, 0.5) is 6.01 Å². The van der Waals surface area contributed by atoms with Crippen LogP contribution in [-0.4, -0.2) is 22.7 Å². The molecule has 0 aliphatic carbocycles. The van der Waals surface area contributed by atoms with E-state index in [-0.39, 0.29) is 17.8 Å².